The SMILES string of the molecule is CCOP(Cc1ccc(Nc2ncc(C(F)(F)F)c(Nc3ccc(C4CCC(N(C)C)CC4)c4c3C(=O)N(C)C4)n2)c(OC)c1)OCC. The lowest BCUT2D eigenvalue weighted by molar-refractivity contribution is -0.137. The largest absolute Gasteiger partial charge is 0.495 e. The summed E-state index contributed by atoms with van der Waals surface area (Å²) >= 11 is 0. The standard InChI is InChI=1S/C34H44F3N6O4P/c1-7-46-48(47-8-2)20-21-9-15-27(29(17-21)45-6)40-33-38-18-26(34(35,36)37)31(41-33)39-28-16-14-24(25-19-43(5)32(44)30(25)28)22-10-12-23(13-11-22)42(3)4/h9,14-18,22-23H,7-8,10-13,19-20H2,1-6H3,(H2,38,39,40,41). The number of methoxy groups -OCH3 is 1. The van der Waals surface area contributed by atoms with E-state index in [0.717, 1.165) is 48.6 Å². The van der Waals surface area contributed by atoms with Gasteiger partial charge in [-0.05, 0) is 94.4 Å². The molecule has 0 bridgehead atoms. The van der Waals surface area contributed by atoms with E-state index in [2.05, 4.69) is 39.6 Å². The first kappa shape index (κ1) is 35.8. The number of halogens is 3. The van der Waals surface area contributed by atoms with E-state index < -0.39 is 25.9 Å². The molecule has 1 fully saturated rings. The normalized spacial score (nSPS) is 18.1. The van der Waals surface area contributed by atoms with Crippen LogP contribution in [0.3, 0.4) is 0 Å². The number of benzene rings is 2. The molecule has 1 aromatic heterocycles. The molecule has 0 saturated heterocycles. The van der Waals surface area contributed by atoms with Crippen molar-refractivity contribution in [3.05, 3.63) is 64.3 Å². The number of nitrogens with zero attached hydrogens (tertiary/aromatic N) is 4. The number of hydrogen-bond donors (Lipinski definition) is 2. The molecule has 1 amide bonds. The summed E-state index contributed by atoms with van der Waals surface area (Å²) in [5.74, 6) is -0.0274. The number of carbonyl (C=O) groups is 1. The summed E-state index contributed by atoms with van der Waals surface area (Å²) in [4.78, 5) is 25.5. The van der Waals surface area contributed by atoms with Crippen LogP contribution in [-0.4, -0.2) is 73.2 Å². The Morgan fingerprint density at radius 2 is 1.71 bits per heavy atom. The Labute approximate surface area is 281 Å². The monoisotopic (exact) mass is 688 g/mol. The Kier molecular flexibility index (Phi) is 11.5. The number of carbonyl (C=O) groups excluding carboxylic acids is 1. The Morgan fingerprint density at radius 1 is 1.02 bits per heavy atom. The summed E-state index contributed by atoms with van der Waals surface area (Å²) < 4.78 is 59.7. The Bertz CT molecular complexity index is 1590. The highest BCUT2D eigenvalue weighted by Crippen LogP contribution is 2.44. The maximum absolute atomic E-state index is 14.2. The second kappa shape index (κ2) is 15.4. The van der Waals surface area contributed by atoms with Crippen LogP contribution in [0.4, 0.5) is 36.3 Å². The molecule has 1 aliphatic heterocycles. The fraction of sp³-hybridized carbons (Fsp3) is 0.500. The Morgan fingerprint density at radius 3 is 2.33 bits per heavy atom. The van der Waals surface area contributed by atoms with E-state index in [-0.39, 0.29) is 23.5 Å². The number of alkyl halides is 3. The predicted molar refractivity (Wildman–Crippen MR) is 181 cm³/mol. The highest BCUT2D eigenvalue weighted by Gasteiger charge is 2.37. The van der Waals surface area contributed by atoms with Crippen molar-refractivity contribution in [2.45, 2.75) is 70.4 Å². The van der Waals surface area contributed by atoms with Crippen molar-refractivity contribution >= 4 is 37.4 Å². The van der Waals surface area contributed by atoms with Crippen LogP contribution in [0.15, 0.2) is 36.5 Å². The Hall–Kier alpha value is -3.51. The van der Waals surface area contributed by atoms with Gasteiger partial charge in [0.15, 0.2) is 8.38 Å². The van der Waals surface area contributed by atoms with Crippen LogP contribution < -0.4 is 15.4 Å². The molecule has 0 atom stereocenters. The zero-order valence-corrected chi connectivity index (χ0v) is 29.2. The van der Waals surface area contributed by atoms with E-state index in [1.807, 2.05) is 32.0 Å². The second-order valence-electron chi connectivity index (χ2n) is 12.3. The van der Waals surface area contributed by atoms with Crippen molar-refractivity contribution in [3.63, 3.8) is 0 Å². The first-order chi connectivity index (χ1) is 22.9. The van der Waals surface area contributed by atoms with Gasteiger partial charge in [-0.1, -0.05) is 12.1 Å². The van der Waals surface area contributed by atoms with Crippen molar-refractivity contribution in [1.82, 2.24) is 19.8 Å². The minimum absolute atomic E-state index is 0.0724. The van der Waals surface area contributed by atoms with E-state index in [1.165, 1.54) is 7.11 Å². The van der Waals surface area contributed by atoms with Gasteiger partial charge in [-0.2, -0.15) is 18.2 Å². The molecule has 2 heterocycles. The van der Waals surface area contributed by atoms with E-state index in [1.54, 1.807) is 24.1 Å². The average molecular weight is 689 g/mol. The van der Waals surface area contributed by atoms with Gasteiger partial charge in [0.1, 0.15) is 17.1 Å². The molecule has 0 radical (unpaired) electrons. The fourth-order valence-electron chi connectivity index (χ4n) is 6.46. The summed E-state index contributed by atoms with van der Waals surface area (Å²) in [5, 5.41) is 5.87. The first-order valence-corrected chi connectivity index (χ1v) is 17.6. The molecule has 0 spiro atoms. The van der Waals surface area contributed by atoms with Crippen LogP contribution in [0.25, 0.3) is 0 Å². The molecule has 3 aromatic rings. The summed E-state index contributed by atoms with van der Waals surface area (Å²) in [7, 11) is 6.28. The molecule has 260 valence electrons. The molecule has 1 saturated carbocycles. The van der Waals surface area contributed by atoms with Gasteiger partial charge in [0.25, 0.3) is 5.91 Å². The summed E-state index contributed by atoms with van der Waals surface area (Å²) in [6.07, 6.45) is 0.631. The number of amides is 1. The van der Waals surface area contributed by atoms with Crippen molar-refractivity contribution in [2.24, 2.45) is 0 Å². The summed E-state index contributed by atoms with van der Waals surface area (Å²) in [6, 6.07) is 9.62. The van der Waals surface area contributed by atoms with E-state index in [4.69, 9.17) is 13.8 Å². The molecule has 10 nitrogen and oxygen atoms in total. The molecule has 2 aromatic carbocycles. The molecule has 2 N–H and O–H groups in total. The minimum Gasteiger partial charge on any atom is -0.495 e. The molecule has 5 rings (SSSR count). The van der Waals surface area contributed by atoms with E-state index >= 15 is 0 Å². The van der Waals surface area contributed by atoms with Crippen molar-refractivity contribution < 1.29 is 31.8 Å². The molecular formula is C34H44F3N6O4P. The highest BCUT2D eigenvalue weighted by molar-refractivity contribution is 7.46. The highest BCUT2D eigenvalue weighted by atomic mass is 31.2. The van der Waals surface area contributed by atoms with Gasteiger partial charge in [-0.25, -0.2) is 4.98 Å². The zero-order valence-electron chi connectivity index (χ0n) is 28.3. The number of fused-ring (bicyclic) bond motifs is 1. The van der Waals surface area contributed by atoms with Gasteiger partial charge < -0.3 is 34.2 Å². The number of ether oxygens (including phenoxy) is 1. The second-order valence-corrected chi connectivity index (χ2v) is 13.7. The lowest BCUT2D eigenvalue weighted by Gasteiger charge is -2.33. The first-order valence-electron chi connectivity index (χ1n) is 16.2. The van der Waals surface area contributed by atoms with Crippen LogP contribution in [0.5, 0.6) is 5.75 Å². The lowest BCUT2D eigenvalue weighted by Crippen LogP contribution is -2.31. The number of rotatable bonds is 13. The molecule has 1 aliphatic carbocycles. The molecule has 2 aliphatic rings. The zero-order chi connectivity index (χ0) is 34.6. The number of nitrogens with one attached hydrogen (secondary N) is 2. The molecule has 0 unspecified atom stereocenters. The maximum Gasteiger partial charge on any atom is 0.421 e. The van der Waals surface area contributed by atoms with Gasteiger partial charge >= 0.3 is 6.18 Å². The van der Waals surface area contributed by atoms with Crippen molar-refractivity contribution in [2.75, 3.05) is 52.1 Å². The topological polar surface area (TPSA) is 101 Å². The predicted octanol–water partition coefficient (Wildman–Crippen LogP) is 8.05. The van der Waals surface area contributed by atoms with Crippen molar-refractivity contribution in [1.29, 1.82) is 0 Å². The third kappa shape index (κ3) is 8.02. The van der Waals surface area contributed by atoms with Gasteiger partial charge in [0, 0.05) is 32.0 Å². The van der Waals surface area contributed by atoms with Gasteiger partial charge in [0.05, 0.1) is 37.3 Å². The van der Waals surface area contributed by atoms with E-state index in [9.17, 15) is 18.0 Å². The Balaban J connectivity index is 1.44. The van der Waals surface area contributed by atoms with Crippen LogP contribution in [0.1, 0.15) is 78.1 Å². The van der Waals surface area contributed by atoms with E-state index in [0.29, 0.717) is 49.0 Å². The van der Waals surface area contributed by atoms with Crippen LogP contribution in [0.2, 0.25) is 0 Å². The van der Waals surface area contributed by atoms with Crippen LogP contribution in [0, 0.1) is 0 Å². The number of hydrogen-bond acceptors (Lipinski definition) is 9. The van der Waals surface area contributed by atoms with Gasteiger partial charge in [-0.15, -0.1) is 0 Å². The third-order valence-corrected chi connectivity index (χ3v) is 10.6. The summed E-state index contributed by atoms with van der Waals surface area (Å²) in [5.41, 5.74) is 2.97. The van der Waals surface area contributed by atoms with Crippen molar-refractivity contribution in [3.8, 4) is 5.75 Å². The quantitative estimate of drug-likeness (QED) is 0.173. The molecule has 48 heavy (non-hydrogen) atoms. The lowest BCUT2D eigenvalue weighted by atomic mass is 9.79. The maximum atomic E-state index is 14.2. The number of anilines is 4. The molecular weight excluding hydrogens is 644 g/mol. The minimum atomic E-state index is -4.74. The summed E-state index contributed by atoms with van der Waals surface area (Å²) in [6.45, 7) is 5.28. The fourth-order valence-corrected chi connectivity index (χ4v) is 7.79. The number of aromatic nitrogens is 2. The third-order valence-electron chi connectivity index (χ3n) is 8.89. The molecule has 14 heteroatoms. The van der Waals surface area contributed by atoms with Gasteiger partial charge in [0.2, 0.25) is 5.95 Å². The average Bonchev–Trinajstić information content (AvgIpc) is 3.35. The smallest absolute Gasteiger partial charge is 0.421 e. The van der Waals surface area contributed by atoms with Crippen LogP contribution >= 0.6 is 8.38 Å². The van der Waals surface area contributed by atoms with Crippen LogP contribution in [-0.2, 0) is 27.9 Å². The van der Waals surface area contributed by atoms with Gasteiger partial charge in [-0.3, -0.25) is 4.79 Å².